The number of aryl methyl sites for hydroxylation is 1. The number of amides is 2. The summed E-state index contributed by atoms with van der Waals surface area (Å²) in [5, 5.41) is 0. The highest BCUT2D eigenvalue weighted by atomic mass is 19.1. The number of hydrogen-bond donors (Lipinski definition) is 0. The molecule has 2 aromatic heterocycles. The molecule has 2 aliphatic heterocycles. The van der Waals surface area contributed by atoms with Gasteiger partial charge in [0.15, 0.2) is 6.29 Å². The first-order valence-corrected chi connectivity index (χ1v) is 10.2. The third kappa shape index (κ3) is 3.49. The van der Waals surface area contributed by atoms with Crippen LogP contribution < -0.4 is 4.74 Å². The number of carbonyl (C=O) groups is 2. The third-order valence-electron chi connectivity index (χ3n) is 5.72. The first-order chi connectivity index (χ1) is 15.6. The van der Waals surface area contributed by atoms with Gasteiger partial charge in [0.2, 0.25) is 5.88 Å². The second-order valence-corrected chi connectivity index (χ2v) is 7.62. The quantitative estimate of drug-likeness (QED) is 0.567. The van der Waals surface area contributed by atoms with Gasteiger partial charge in [0.1, 0.15) is 5.82 Å². The molecular weight excluding hydrogens is 417 g/mol. The minimum absolute atomic E-state index is 0.155. The van der Waals surface area contributed by atoms with Crippen molar-refractivity contribution in [3.8, 4) is 5.88 Å². The monoisotopic (exact) mass is 437 g/mol. The molecule has 0 N–H and O–H groups in total. The maximum Gasteiger partial charge on any atom is 0.261 e. The van der Waals surface area contributed by atoms with Crippen molar-refractivity contribution < 1.29 is 28.2 Å². The molecule has 9 heteroatoms. The van der Waals surface area contributed by atoms with E-state index in [2.05, 4.69) is 9.97 Å². The normalized spacial score (nSPS) is 20.6. The fraction of sp³-hybridized carbons (Fsp3) is 0.304. The van der Waals surface area contributed by atoms with E-state index in [-0.39, 0.29) is 25.0 Å². The van der Waals surface area contributed by atoms with Gasteiger partial charge in [-0.25, -0.2) is 9.37 Å². The third-order valence-corrected chi connectivity index (χ3v) is 5.72. The fourth-order valence-electron chi connectivity index (χ4n) is 4.08. The van der Waals surface area contributed by atoms with Crippen molar-refractivity contribution in [2.45, 2.75) is 25.2 Å². The van der Waals surface area contributed by atoms with Gasteiger partial charge in [0.25, 0.3) is 11.8 Å². The Morgan fingerprint density at radius 2 is 1.78 bits per heavy atom. The molecule has 0 bridgehead atoms. The molecule has 0 radical (unpaired) electrons. The fourth-order valence-corrected chi connectivity index (χ4v) is 4.08. The van der Waals surface area contributed by atoms with Crippen molar-refractivity contribution in [1.29, 1.82) is 0 Å². The standard InChI is InChI=1S/C23H20FN3O5/c1-30-19-8-7-18-21(26-19)16(17(24)10-25-18)6-9-20-31-11-13(12-32-20)27-22(28)14-4-2-3-5-15(14)23(27)29/h2-5,7-8,10,13,20H,6,9,11-12H2,1H3/t13-,20-. The molecular formula is C23H20FN3O5. The number of nitrogens with zero attached hydrogens (tertiary/aromatic N) is 3. The molecule has 0 aliphatic carbocycles. The van der Waals surface area contributed by atoms with Gasteiger partial charge in [-0.3, -0.25) is 19.5 Å². The Bertz CT molecular complexity index is 1170. The van der Waals surface area contributed by atoms with Crippen molar-refractivity contribution in [1.82, 2.24) is 14.9 Å². The Labute approximate surface area is 182 Å². The zero-order chi connectivity index (χ0) is 22.2. The van der Waals surface area contributed by atoms with Crippen LogP contribution in [0.5, 0.6) is 5.88 Å². The number of halogens is 1. The van der Waals surface area contributed by atoms with Gasteiger partial charge >= 0.3 is 0 Å². The molecule has 5 rings (SSSR count). The molecule has 3 aromatic rings. The summed E-state index contributed by atoms with van der Waals surface area (Å²) in [6, 6.07) is 9.61. The van der Waals surface area contributed by atoms with Gasteiger partial charge in [-0.05, 0) is 24.6 Å². The summed E-state index contributed by atoms with van der Waals surface area (Å²) in [6.07, 6.45) is 1.28. The number of hydrogen-bond acceptors (Lipinski definition) is 7. The van der Waals surface area contributed by atoms with Crippen LogP contribution in [0.15, 0.2) is 42.6 Å². The summed E-state index contributed by atoms with van der Waals surface area (Å²) in [6.45, 7) is 0.309. The van der Waals surface area contributed by atoms with Crippen LogP contribution in [0.1, 0.15) is 32.7 Å². The Hall–Kier alpha value is -3.43. The van der Waals surface area contributed by atoms with Crippen LogP contribution in [0.25, 0.3) is 11.0 Å². The van der Waals surface area contributed by atoms with Crippen molar-refractivity contribution >= 4 is 22.8 Å². The SMILES string of the molecule is COc1ccc2ncc(F)c(CC[C@H]3OC[C@H](N4C(=O)c5ccccc5C4=O)CO3)c2n1. The number of pyridine rings is 2. The molecule has 4 heterocycles. The molecule has 32 heavy (non-hydrogen) atoms. The average Bonchev–Trinajstić information content (AvgIpc) is 3.08. The zero-order valence-electron chi connectivity index (χ0n) is 17.3. The minimum Gasteiger partial charge on any atom is -0.481 e. The largest absolute Gasteiger partial charge is 0.481 e. The van der Waals surface area contributed by atoms with E-state index in [1.54, 1.807) is 36.4 Å². The van der Waals surface area contributed by atoms with E-state index in [0.29, 0.717) is 46.4 Å². The van der Waals surface area contributed by atoms with E-state index in [4.69, 9.17) is 14.2 Å². The number of carbonyl (C=O) groups excluding carboxylic acids is 2. The predicted molar refractivity (Wildman–Crippen MR) is 111 cm³/mol. The zero-order valence-corrected chi connectivity index (χ0v) is 17.3. The summed E-state index contributed by atoms with van der Waals surface area (Å²) in [7, 11) is 1.50. The summed E-state index contributed by atoms with van der Waals surface area (Å²) in [5.41, 5.74) is 2.19. The number of ether oxygens (including phenoxy) is 3. The molecule has 0 atom stereocenters. The van der Waals surface area contributed by atoms with Gasteiger partial charge < -0.3 is 14.2 Å². The van der Waals surface area contributed by atoms with Crippen LogP contribution in [0.4, 0.5) is 4.39 Å². The summed E-state index contributed by atoms with van der Waals surface area (Å²) >= 11 is 0. The smallest absolute Gasteiger partial charge is 0.261 e. The van der Waals surface area contributed by atoms with E-state index in [9.17, 15) is 14.0 Å². The molecule has 0 saturated carbocycles. The molecule has 0 unspecified atom stereocenters. The van der Waals surface area contributed by atoms with Gasteiger partial charge in [-0.1, -0.05) is 12.1 Å². The number of aromatic nitrogens is 2. The number of methoxy groups -OCH3 is 1. The number of benzene rings is 1. The average molecular weight is 437 g/mol. The van der Waals surface area contributed by atoms with Gasteiger partial charge in [-0.2, -0.15) is 0 Å². The van der Waals surface area contributed by atoms with E-state index < -0.39 is 18.1 Å². The van der Waals surface area contributed by atoms with Gasteiger partial charge in [0, 0.05) is 18.1 Å². The first kappa shape index (κ1) is 20.5. The summed E-state index contributed by atoms with van der Waals surface area (Å²) < 4.78 is 31.2. The maximum atomic E-state index is 14.5. The number of rotatable bonds is 5. The first-order valence-electron chi connectivity index (χ1n) is 10.2. The lowest BCUT2D eigenvalue weighted by Crippen LogP contribution is -2.49. The van der Waals surface area contributed by atoms with E-state index >= 15 is 0 Å². The van der Waals surface area contributed by atoms with Crippen LogP contribution in [-0.4, -0.2) is 59.3 Å². The molecule has 164 valence electrons. The summed E-state index contributed by atoms with van der Waals surface area (Å²) in [5.74, 6) is -0.767. The Morgan fingerprint density at radius 3 is 2.44 bits per heavy atom. The van der Waals surface area contributed by atoms with Crippen LogP contribution in [-0.2, 0) is 15.9 Å². The van der Waals surface area contributed by atoms with E-state index in [0.717, 1.165) is 0 Å². The van der Waals surface area contributed by atoms with Crippen molar-refractivity contribution in [2.75, 3.05) is 20.3 Å². The Balaban J connectivity index is 1.25. The van der Waals surface area contributed by atoms with Crippen LogP contribution >= 0.6 is 0 Å². The van der Waals surface area contributed by atoms with Crippen LogP contribution in [0.3, 0.4) is 0 Å². The Kier molecular flexibility index (Phi) is 5.28. The van der Waals surface area contributed by atoms with Gasteiger partial charge in [-0.15, -0.1) is 0 Å². The number of fused-ring (bicyclic) bond motifs is 2. The summed E-state index contributed by atoms with van der Waals surface area (Å²) in [4.78, 5) is 34.9. The van der Waals surface area contributed by atoms with E-state index in [1.807, 2.05) is 0 Å². The maximum absolute atomic E-state index is 14.5. The predicted octanol–water partition coefficient (Wildman–Crippen LogP) is 2.75. The lowest BCUT2D eigenvalue weighted by atomic mass is 10.1. The van der Waals surface area contributed by atoms with Crippen LogP contribution in [0, 0.1) is 5.82 Å². The molecule has 2 amide bonds. The van der Waals surface area contributed by atoms with E-state index in [1.165, 1.54) is 18.2 Å². The van der Waals surface area contributed by atoms with Crippen LogP contribution in [0.2, 0.25) is 0 Å². The second kappa shape index (κ2) is 8.25. The highest BCUT2D eigenvalue weighted by Gasteiger charge is 2.41. The molecule has 0 spiro atoms. The topological polar surface area (TPSA) is 90.9 Å². The Morgan fingerprint density at radius 1 is 1.09 bits per heavy atom. The molecule has 1 aromatic carbocycles. The molecule has 1 fully saturated rings. The van der Waals surface area contributed by atoms with Crippen molar-refractivity contribution in [2.24, 2.45) is 0 Å². The van der Waals surface area contributed by atoms with Crippen molar-refractivity contribution in [3.05, 3.63) is 65.1 Å². The molecule has 8 nitrogen and oxygen atoms in total. The second-order valence-electron chi connectivity index (χ2n) is 7.62. The highest BCUT2D eigenvalue weighted by Crippen LogP contribution is 2.28. The minimum atomic E-state index is -0.588. The van der Waals surface area contributed by atoms with Gasteiger partial charge in [0.05, 0.1) is 54.7 Å². The highest BCUT2D eigenvalue weighted by molar-refractivity contribution is 6.21. The lowest BCUT2D eigenvalue weighted by molar-refractivity contribution is -0.199. The van der Waals surface area contributed by atoms with Crippen molar-refractivity contribution in [3.63, 3.8) is 0 Å². The lowest BCUT2D eigenvalue weighted by Gasteiger charge is -2.33. The molecule has 1 saturated heterocycles. The number of imide groups is 1. The molecule has 2 aliphatic rings.